The molecule has 104 valence electrons. The van der Waals surface area contributed by atoms with Gasteiger partial charge in [0.05, 0.1) is 6.10 Å². The summed E-state index contributed by atoms with van der Waals surface area (Å²) in [7, 11) is 0. The Hall–Kier alpha value is -2.08. The molecule has 6 heteroatoms. The number of nitrogens with one attached hydrogen (secondary N) is 1. The summed E-state index contributed by atoms with van der Waals surface area (Å²) in [6.07, 6.45) is -2.15. The summed E-state index contributed by atoms with van der Waals surface area (Å²) in [6.45, 7) is 2.53. The van der Waals surface area contributed by atoms with E-state index in [1.165, 1.54) is 13.8 Å². The summed E-state index contributed by atoms with van der Waals surface area (Å²) in [5, 5.41) is 20.6. The topological polar surface area (TPSA) is 95.9 Å². The van der Waals surface area contributed by atoms with E-state index in [2.05, 4.69) is 5.32 Å². The molecular weight excluding hydrogens is 250 g/mol. The Bertz CT molecular complexity index is 446. The summed E-state index contributed by atoms with van der Waals surface area (Å²) in [4.78, 5) is 22.6. The van der Waals surface area contributed by atoms with Crippen molar-refractivity contribution in [2.75, 3.05) is 0 Å². The number of hydrogen-bond donors (Lipinski definition) is 3. The standard InChI is InChI=1S/C13H17NO5/c1-9(15)13(2,11(16)17)14-12(18)19-8-10-6-4-3-5-7-10/h3-7,9,15H,8H2,1-2H3,(H,14,18)(H,16,17). The van der Waals surface area contributed by atoms with Gasteiger partial charge in [0, 0.05) is 0 Å². The first-order valence-electron chi connectivity index (χ1n) is 5.76. The Balaban J connectivity index is 2.57. The number of hydrogen-bond acceptors (Lipinski definition) is 4. The molecule has 0 saturated carbocycles. The normalized spacial score (nSPS) is 15.1. The lowest BCUT2D eigenvalue weighted by Crippen LogP contribution is -2.59. The predicted octanol–water partition coefficient (Wildman–Crippen LogP) is 1.14. The molecule has 0 aliphatic heterocycles. The number of ether oxygens (including phenoxy) is 1. The lowest BCUT2D eigenvalue weighted by Gasteiger charge is -2.28. The zero-order valence-corrected chi connectivity index (χ0v) is 10.8. The summed E-state index contributed by atoms with van der Waals surface area (Å²) in [5.41, 5.74) is -1.000. The minimum absolute atomic E-state index is 0.0299. The molecule has 1 rings (SSSR count). The Labute approximate surface area is 111 Å². The van der Waals surface area contributed by atoms with Crippen molar-refractivity contribution in [2.45, 2.75) is 32.1 Å². The summed E-state index contributed by atoms with van der Waals surface area (Å²) in [5.74, 6) is -1.33. The van der Waals surface area contributed by atoms with Crippen molar-refractivity contribution in [3.63, 3.8) is 0 Å². The van der Waals surface area contributed by atoms with Crippen LogP contribution in [0.1, 0.15) is 19.4 Å². The van der Waals surface area contributed by atoms with Crippen LogP contribution >= 0.6 is 0 Å². The van der Waals surface area contributed by atoms with Crippen LogP contribution < -0.4 is 5.32 Å². The number of carboxylic acids is 1. The van der Waals surface area contributed by atoms with Crippen molar-refractivity contribution >= 4 is 12.1 Å². The van der Waals surface area contributed by atoms with Crippen molar-refractivity contribution in [1.82, 2.24) is 5.32 Å². The highest BCUT2D eigenvalue weighted by atomic mass is 16.5. The third kappa shape index (κ3) is 3.96. The average molecular weight is 267 g/mol. The first kappa shape index (κ1) is 15.0. The summed E-state index contributed by atoms with van der Waals surface area (Å²) >= 11 is 0. The highest BCUT2D eigenvalue weighted by molar-refractivity contribution is 5.84. The third-order valence-electron chi connectivity index (χ3n) is 2.85. The summed E-state index contributed by atoms with van der Waals surface area (Å²) in [6, 6.07) is 8.98. The maximum absolute atomic E-state index is 11.5. The minimum Gasteiger partial charge on any atom is -0.479 e. The van der Waals surface area contributed by atoms with Crippen LogP contribution in [0.4, 0.5) is 4.79 Å². The molecule has 0 bridgehead atoms. The van der Waals surface area contributed by atoms with Crippen LogP contribution in [0.2, 0.25) is 0 Å². The van der Waals surface area contributed by atoms with E-state index in [4.69, 9.17) is 9.84 Å². The maximum atomic E-state index is 11.5. The van der Waals surface area contributed by atoms with Crippen LogP contribution in [0.25, 0.3) is 0 Å². The molecule has 1 amide bonds. The van der Waals surface area contributed by atoms with Gasteiger partial charge < -0.3 is 20.3 Å². The first-order chi connectivity index (χ1) is 8.86. The molecule has 0 saturated heterocycles. The maximum Gasteiger partial charge on any atom is 0.408 e. The van der Waals surface area contributed by atoms with Gasteiger partial charge in [0.1, 0.15) is 6.61 Å². The highest BCUT2D eigenvalue weighted by Gasteiger charge is 2.40. The lowest BCUT2D eigenvalue weighted by molar-refractivity contribution is -0.148. The fourth-order valence-electron chi connectivity index (χ4n) is 1.31. The van der Waals surface area contributed by atoms with Crippen LogP contribution in [0.5, 0.6) is 0 Å². The molecule has 0 aromatic heterocycles. The van der Waals surface area contributed by atoms with Gasteiger partial charge in [-0.3, -0.25) is 0 Å². The Kier molecular flexibility index (Phi) is 4.88. The van der Waals surface area contributed by atoms with E-state index in [9.17, 15) is 14.7 Å². The van der Waals surface area contributed by atoms with Gasteiger partial charge in [0.2, 0.25) is 0 Å². The smallest absolute Gasteiger partial charge is 0.408 e. The van der Waals surface area contributed by atoms with E-state index in [-0.39, 0.29) is 6.61 Å². The van der Waals surface area contributed by atoms with Crippen LogP contribution in [0.15, 0.2) is 30.3 Å². The molecular formula is C13H17NO5. The molecule has 6 nitrogen and oxygen atoms in total. The van der Waals surface area contributed by atoms with Crippen LogP contribution in [0, 0.1) is 0 Å². The van der Waals surface area contributed by atoms with E-state index in [1.807, 2.05) is 6.07 Å². The summed E-state index contributed by atoms with van der Waals surface area (Å²) < 4.78 is 4.90. The lowest BCUT2D eigenvalue weighted by atomic mass is 9.96. The van der Waals surface area contributed by atoms with Gasteiger partial charge in [0.15, 0.2) is 5.54 Å². The number of carbonyl (C=O) groups is 2. The van der Waals surface area contributed by atoms with Crippen molar-refractivity contribution in [2.24, 2.45) is 0 Å². The predicted molar refractivity (Wildman–Crippen MR) is 67.5 cm³/mol. The molecule has 0 radical (unpaired) electrons. The van der Waals surface area contributed by atoms with Crippen molar-refractivity contribution in [3.05, 3.63) is 35.9 Å². The number of aliphatic hydroxyl groups excluding tert-OH is 1. The molecule has 3 N–H and O–H groups in total. The highest BCUT2D eigenvalue weighted by Crippen LogP contribution is 2.11. The zero-order valence-electron chi connectivity index (χ0n) is 10.8. The van der Waals surface area contributed by atoms with Gasteiger partial charge in [-0.25, -0.2) is 9.59 Å². The fourth-order valence-corrected chi connectivity index (χ4v) is 1.31. The third-order valence-corrected chi connectivity index (χ3v) is 2.85. The zero-order chi connectivity index (χ0) is 14.5. The van der Waals surface area contributed by atoms with Gasteiger partial charge in [0.25, 0.3) is 0 Å². The van der Waals surface area contributed by atoms with Crippen molar-refractivity contribution in [3.8, 4) is 0 Å². The second-order valence-electron chi connectivity index (χ2n) is 4.37. The van der Waals surface area contributed by atoms with Gasteiger partial charge in [-0.15, -0.1) is 0 Å². The molecule has 2 unspecified atom stereocenters. The van der Waals surface area contributed by atoms with E-state index in [0.29, 0.717) is 0 Å². The van der Waals surface area contributed by atoms with E-state index >= 15 is 0 Å². The Morgan fingerprint density at radius 1 is 1.37 bits per heavy atom. The van der Waals surface area contributed by atoms with Gasteiger partial charge >= 0.3 is 12.1 Å². The SMILES string of the molecule is CC(O)C(C)(NC(=O)OCc1ccccc1)C(=O)O. The molecule has 1 aromatic rings. The van der Waals surface area contributed by atoms with Crippen molar-refractivity contribution in [1.29, 1.82) is 0 Å². The number of carbonyl (C=O) groups excluding carboxylic acids is 1. The average Bonchev–Trinajstić information content (AvgIpc) is 2.37. The quantitative estimate of drug-likeness (QED) is 0.743. The first-order valence-corrected chi connectivity index (χ1v) is 5.76. The number of carboxylic acid groups (broad SMARTS) is 1. The van der Waals surface area contributed by atoms with Crippen LogP contribution in [0.3, 0.4) is 0 Å². The largest absolute Gasteiger partial charge is 0.479 e. The monoisotopic (exact) mass is 267 g/mol. The minimum atomic E-state index is -1.78. The Morgan fingerprint density at radius 2 is 1.95 bits per heavy atom. The Morgan fingerprint density at radius 3 is 2.42 bits per heavy atom. The molecule has 0 aliphatic carbocycles. The number of amides is 1. The van der Waals surface area contributed by atoms with E-state index < -0.39 is 23.7 Å². The molecule has 19 heavy (non-hydrogen) atoms. The van der Waals surface area contributed by atoms with Crippen LogP contribution in [-0.2, 0) is 16.1 Å². The fraction of sp³-hybridized carbons (Fsp3) is 0.385. The molecule has 0 heterocycles. The number of aliphatic carboxylic acids is 1. The van der Waals surface area contributed by atoms with Crippen LogP contribution in [-0.4, -0.2) is 33.9 Å². The number of rotatable bonds is 5. The molecule has 1 aromatic carbocycles. The van der Waals surface area contributed by atoms with Gasteiger partial charge in [-0.1, -0.05) is 30.3 Å². The van der Waals surface area contributed by atoms with Crippen molar-refractivity contribution < 1.29 is 24.5 Å². The second-order valence-corrected chi connectivity index (χ2v) is 4.37. The molecule has 0 aliphatic rings. The van der Waals surface area contributed by atoms with Gasteiger partial charge in [-0.05, 0) is 19.4 Å². The molecule has 2 atom stereocenters. The number of benzene rings is 1. The van der Waals surface area contributed by atoms with E-state index in [0.717, 1.165) is 5.56 Å². The van der Waals surface area contributed by atoms with Gasteiger partial charge in [-0.2, -0.15) is 0 Å². The molecule has 0 fully saturated rings. The molecule has 0 spiro atoms. The number of alkyl carbamates (subject to hydrolysis) is 1. The second kappa shape index (κ2) is 6.19. The number of aliphatic hydroxyl groups is 1. The van der Waals surface area contributed by atoms with E-state index in [1.54, 1.807) is 24.3 Å².